The van der Waals surface area contributed by atoms with Crippen LogP contribution < -0.4 is 24.8 Å². The van der Waals surface area contributed by atoms with Gasteiger partial charge in [-0.3, -0.25) is 5.32 Å². The van der Waals surface area contributed by atoms with E-state index in [4.69, 9.17) is 14.2 Å². The van der Waals surface area contributed by atoms with Crippen molar-refractivity contribution in [3.05, 3.63) is 84.3 Å². The standard InChI is InChI=1S/C29H26F2N6O4/c1-17-8-10-19(11-9-17)37-26(15-25(36-37)29(2,30)31)35-28(38)34-18-6-5-7-20(12-18)41-27-21-13-23(39-3)24(40-4)14-22(21)32-16-33-27/h5-16H,1-4H3,(H2,34,35,38). The Morgan fingerprint density at radius 2 is 1.66 bits per heavy atom. The lowest BCUT2D eigenvalue weighted by Gasteiger charge is -2.13. The summed E-state index contributed by atoms with van der Waals surface area (Å²) in [6.45, 7) is 2.65. The Morgan fingerprint density at radius 1 is 0.927 bits per heavy atom. The van der Waals surface area contributed by atoms with Gasteiger partial charge in [0.25, 0.3) is 5.92 Å². The zero-order valence-corrected chi connectivity index (χ0v) is 22.6. The molecule has 0 saturated carbocycles. The Morgan fingerprint density at radius 3 is 2.37 bits per heavy atom. The second kappa shape index (κ2) is 11.1. The van der Waals surface area contributed by atoms with Gasteiger partial charge in [0.2, 0.25) is 5.88 Å². The molecule has 0 bridgehead atoms. The fraction of sp³-hybridized carbons (Fsp3) is 0.172. The van der Waals surface area contributed by atoms with Crippen molar-refractivity contribution < 1.29 is 27.8 Å². The van der Waals surface area contributed by atoms with Crippen LogP contribution in [0.3, 0.4) is 0 Å². The van der Waals surface area contributed by atoms with Crippen molar-refractivity contribution in [3.8, 4) is 28.8 Å². The molecule has 0 atom stereocenters. The summed E-state index contributed by atoms with van der Waals surface area (Å²) in [4.78, 5) is 21.4. The van der Waals surface area contributed by atoms with E-state index >= 15 is 0 Å². The van der Waals surface area contributed by atoms with Gasteiger partial charge in [-0.1, -0.05) is 23.8 Å². The molecule has 2 amide bonds. The minimum absolute atomic E-state index is 0.0760. The molecule has 210 valence electrons. The number of alkyl halides is 2. The largest absolute Gasteiger partial charge is 0.493 e. The molecule has 2 N–H and O–H groups in total. The van der Waals surface area contributed by atoms with Gasteiger partial charge in [0.15, 0.2) is 11.5 Å². The molecule has 5 rings (SSSR count). The number of urea groups is 1. The van der Waals surface area contributed by atoms with E-state index in [2.05, 4.69) is 25.7 Å². The molecule has 12 heteroatoms. The van der Waals surface area contributed by atoms with Crippen molar-refractivity contribution in [1.29, 1.82) is 0 Å². The quantitative estimate of drug-likeness (QED) is 0.217. The van der Waals surface area contributed by atoms with Crippen molar-refractivity contribution in [1.82, 2.24) is 19.7 Å². The maximum atomic E-state index is 14.1. The molecule has 0 aliphatic heterocycles. The van der Waals surface area contributed by atoms with Crippen molar-refractivity contribution in [2.45, 2.75) is 19.8 Å². The number of hydrogen-bond donors (Lipinski definition) is 2. The average molecular weight is 561 g/mol. The number of ether oxygens (including phenoxy) is 3. The van der Waals surface area contributed by atoms with E-state index in [1.165, 1.54) is 25.2 Å². The third kappa shape index (κ3) is 6.01. The lowest BCUT2D eigenvalue weighted by molar-refractivity contribution is 0.0124. The number of carbonyl (C=O) groups excluding carboxylic acids is 1. The van der Waals surface area contributed by atoms with Crippen LogP contribution in [-0.2, 0) is 5.92 Å². The molecule has 41 heavy (non-hydrogen) atoms. The third-order valence-corrected chi connectivity index (χ3v) is 6.09. The number of aromatic nitrogens is 4. The number of amides is 2. The monoisotopic (exact) mass is 560 g/mol. The lowest BCUT2D eigenvalue weighted by atomic mass is 10.2. The number of rotatable bonds is 8. The summed E-state index contributed by atoms with van der Waals surface area (Å²) in [6.07, 6.45) is 1.37. The first kappa shape index (κ1) is 27.3. The first-order valence-corrected chi connectivity index (χ1v) is 12.4. The van der Waals surface area contributed by atoms with Crippen LogP contribution in [0.15, 0.2) is 73.1 Å². The van der Waals surface area contributed by atoms with Crippen LogP contribution in [0, 0.1) is 6.92 Å². The number of halogens is 2. The fourth-order valence-electron chi connectivity index (χ4n) is 4.04. The van der Waals surface area contributed by atoms with Crippen LogP contribution in [0.25, 0.3) is 16.6 Å². The number of carbonyl (C=O) groups is 1. The van der Waals surface area contributed by atoms with Crippen molar-refractivity contribution in [2.75, 3.05) is 24.9 Å². The highest BCUT2D eigenvalue weighted by molar-refractivity contribution is 5.99. The normalized spacial score (nSPS) is 11.3. The van der Waals surface area contributed by atoms with Gasteiger partial charge >= 0.3 is 6.03 Å². The van der Waals surface area contributed by atoms with E-state index in [0.717, 1.165) is 18.6 Å². The maximum absolute atomic E-state index is 14.1. The van der Waals surface area contributed by atoms with E-state index in [-0.39, 0.29) is 11.7 Å². The van der Waals surface area contributed by atoms with Gasteiger partial charge in [-0.15, -0.1) is 0 Å². The number of nitrogens with one attached hydrogen (secondary N) is 2. The van der Waals surface area contributed by atoms with E-state index in [0.29, 0.717) is 39.5 Å². The molecule has 0 aliphatic carbocycles. The smallest absolute Gasteiger partial charge is 0.324 e. The van der Waals surface area contributed by atoms with E-state index in [9.17, 15) is 13.6 Å². The van der Waals surface area contributed by atoms with Crippen LogP contribution in [0.2, 0.25) is 0 Å². The molecule has 0 aliphatic rings. The van der Waals surface area contributed by atoms with Crippen molar-refractivity contribution in [2.24, 2.45) is 0 Å². The minimum atomic E-state index is -3.20. The highest BCUT2D eigenvalue weighted by Gasteiger charge is 2.30. The molecule has 0 spiro atoms. The van der Waals surface area contributed by atoms with Crippen LogP contribution >= 0.6 is 0 Å². The molecule has 5 aromatic rings. The van der Waals surface area contributed by atoms with E-state index < -0.39 is 17.6 Å². The SMILES string of the molecule is COc1cc2ncnc(Oc3cccc(NC(=O)Nc4cc(C(C)(F)F)nn4-c4ccc(C)cc4)c3)c2cc1OC. The van der Waals surface area contributed by atoms with E-state index in [1.807, 2.05) is 19.1 Å². The number of fused-ring (bicyclic) bond motifs is 1. The van der Waals surface area contributed by atoms with Gasteiger partial charge in [-0.25, -0.2) is 19.4 Å². The highest BCUT2D eigenvalue weighted by atomic mass is 19.3. The first-order valence-electron chi connectivity index (χ1n) is 12.4. The number of aryl methyl sites for hydroxylation is 1. The summed E-state index contributed by atoms with van der Waals surface area (Å²) in [5.74, 6) is -1.47. The van der Waals surface area contributed by atoms with Gasteiger partial charge in [-0.2, -0.15) is 13.9 Å². The zero-order chi connectivity index (χ0) is 29.1. The van der Waals surface area contributed by atoms with Crippen molar-refractivity contribution >= 4 is 28.4 Å². The molecule has 0 fully saturated rings. The van der Waals surface area contributed by atoms with Gasteiger partial charge in [0.05, 0.1) is 30.8 Å². The van der Waals surface area contributed by atoms with Crippen LogP contribution in [-0.4, -0.2) is 40.0 Å². The summed E-state index contributed by atoms with van der Waals surface area (Å²) in [6, 6.07) is 17.6. The second-order valence-corrected chi connectivity index (χ2v) is 9.16. The van der Waals surface area contributed by atoms with E-state index in [1.54, 1.807) is 48.5 Å². The van der Waals surface area contributed by atoms with Gasteiger partial charge in [-0.05, 0) is 37.3 Å². The molecule has 0 unspecified atom stereocenters. The summed E-state index contributed by atoms with van der Waals surface area (Å²) < 4.78 is 46.1. The molecule has 3 aromatic carbocycles. The molecular weight excluding hydrogens is 534 g/mol. The Bertz CT molecular complexity index is 1720. The predicted molar refractivity (Wildman–Crippen MR) is 150 cm³/mol. The number of hydrogen-bond acceptors (Lipinski definition) is 7. The fourth-order valence-corrected chi connectivity index (χ4v) is 4.04. The Balaban J connectivity index is 1.36. The summed E-state index contributed by atoms with van der Waals surface area (Å²) in [5, 5.41) is 9.92. The topological polar surface area (TPSA) is 112 Å². The Hall–Kier alpha value is -5.26. The number of nitrogens with zero attached hydrogens (tertiary/aromatic N) is 4. The summed E-state index contributed by atoms with van der Waals surface area (Å²) in [5.41, 5.74) is 2.01. The minimum Gasteiger partial charge on any atom is -0.493 e. The van der Waals surface area contributed by atoms with Gasteiger partial charge in [0.1, 0.15) is 23.6 Å². The molecular formula is C29H26F2N6O4. The highest BCUT2D eigenvalue weighted by Crippen LogP contribution is 2.36. The van der Waals surface area contributed by atoms with Crippen LogP contribution in [0.4, 0.5) is 25.1 Å². The molecule has 2 heterocycles. The zero-order valence-electron chi connectivity index (χ0n) is 22.6. The summed E-state index contributed by atoms with van der Waals surface area (Å²) >= 11 is 0. The predicted octanol–water partition coefficient (Wildman–Crippen LogP) is 6.69. The number of methoxy groups -OCH3 is 2. The Kier molecular flexibility index (Phi) is 7.38. The molecule has 0 radical (unpaired) electrons. The van der Waals surface area contributed by atoms with Gasteiger partial charge in [0, 0.05) is 30.8 Å². The van der Waals surface area contributed by atoms with Gasteiger partial charge < -0.3 is 19.5 Å². The Labute approximate surface area is 233 Å². The van der Waals surface area contributed by atoms with Crippen LogP contribution in [0.1, 0.15) is 18.2 Å². The molecule has 0 saturated heterocycles. The first-order chi connectivity index (χ1) is 19.6. The van der Waals surface area contributed by atoms with Crippen LogP contribution in [0.5, 0.6) is 23.1 Å². The lowest BCUT2D eigenvalue weighted by Crippen LogP contribution is -2.21. The molecule has 2 aromatic heterocycles. The summed E-state index contributed by atoms with van der Waals surface area (Å²) in [7, 11) is 3.06. The molecule has 10 nitrogen and oxygen atoms in total. The van der Waals surface area contributed by atoms with Crippen molar-refractivity contribution in [3.63, 3.8) is 0 Å². The maximum Gasteiger partial charge on any atom is 0.324 e. The number of anilines is 2. The third-order valence-electron chi connectivity index (χ3n) is 6.09. The number of benzene rings is 3. The average Bonchev–Trinajstić information content (AvgIpc) is 3.37. The second-order valence-electron chi connectivity index (χ2n) is 9.16.